The standard InChI is InChI=1S/C21H21F2N3O3S2/c1-14(2)15-7-3-5-9-17(15)26-12-11-24-21(26)30-13-19(27)25-16-8-4-6-10-18(16)31(28,29)20(22)23/h3-12,14,20H,13H2,1-2H3,(H,25,27). The monoisotopic (exact) mass is 465 g/mol. The second-order valence-corrected chi connectivity index (χ2v) is 9.76. The van der Waals surface area contributed by atoms with Crippen molar-refractivity contribution >= 4 is 33.2 Å². The van der Waals surface area contributed by atoms with Gasteiger partial charge in [-0.1, -0.05) is 55.9 Å². The van der Waals surface area contributed by atoms with E-state index in [2.05, 4.69) is 24.1 Å². The molecule has 1 N–H and O–H groups in total. The highest BCUT2D eigenvalue weighted by molar-refractivity contribution is 7.99. The molecule has 3 aromatic rings. The van der Waals surface area contributed by atoms with Gasteiger partial charge in [0.2, 0.25) is 15.7 Å². The summed E-state index contributed by atoms with van der Waals surface area (Å²) in [5.74, 6) is -3.90. The molecule has 1 heterocycles. The van der Waals surface area contributed by atoms with Gasteiger partial charge in [0.05, 0.1) is 22.0 Å². The summed E-state index contributed by atoms with van der Waals surface area (Å²) in [4.78, 5) is 16.1. The molecule has 0 aliphatic rings. The molecule has 0 saturated heterocycles. The predicted octanol–water partition coefficient (Wildman–Crippen LogP) is 4.72. The fraction of sp³-hybridized carbons (Fsp3) is 0.238. The van der Waals surface area contributed by atoms with Gasteiger partial charge in [0.1, 0.15) is 0 Å². The number of thioether (sulfide) groups is 1. The van der Waals surface area contributed by atoms with E-state index >= 15 is 0 Å². The summed E-state index contributed by atoms with van der Waals surface area (Å²) >= 11 is 1.16. The first-order chi connectivity index (χ1) is 14.7. The SMILES string of the molecule is CC(C)c1ccccc1-n1ccnc1SCC(=O)Nc1ccccc1S(=O)(=O)C(F)F. The third-order valence-electron chi connectivity index (χ3n) is 4.46. The first-order valence-corrected chi connectivity index (χ1v) is 11.9. The Morgan fingerprint density at radius 2 is 1.81 bits per heavy atom. The number of aromatic nitrogens is 2. The Balaban J connectivity index is 1.76. The Bertz CT molecular complexity index is 1180. The molecule has 1 amide bonds. The molecule has 10 heteroatoms. The molecule has 2 aromatic carbocycles. The number of para-hydroxylation sites is 2. The van der Waals surface area contributed by atoms with Crippen LogP contribution in [0.4, 0.5) is 14.5 Å². The number of amides is 1. The number of nitrogens with one attached hydrogen (secondary N) is 1. The lowest BCUT2D eigenvalue weighted by Gasteiger charge is -2.15. The number of nitrogens with zero attached hydrogens (tertiary/aromatic N) is 2. The molecular formula is C21H21F2N3O3S2. The molecule has 0 aliphatic heterocycles. The van der Waals surface area contributed by atoms with Crippen LogP contribution in [0.15, 0.2) is 71.0 Å². The van der Waals surface area contributed by atoms with E-state index in [0.29, 0.717) is 5.16 Å². The van der Waals surface area contributed by atoms with Crippen molar-refractivity contribution in [2.24, 2.45) is 0 Å². The van der Waals surface area contributed by atoms with Crippen LogP contribution in [0, 0.1) is 0 Å². The van der Waals surface area contributed by atoms with Crippen LogP contribution < -0.4 is 5.32 Å². The smallest absolute Gasteiger partial charge is 0.324 e. The minimum absolute atomic E-state index is 0.0794. The number of hydrogen-bond donors (Lipinski definition) is 1. The van der Waals surface area contributed by atoms with E-state index in [1.807, 2.05) is 28.8 Å². The minimum Gasteiger partial charge on any atom is -0.324 e. The molecule has 3 rings (SSSR count). The van der Waals surface area contributed by atoms with Crippen LogP contribution in [0.2, 0.25) is 0 Å². The van der Waals surface area contributed by atoms with Crippen molar-refractivity contribution in [3.8, 4) is 5.69 Å². The van der Waals surface area contributed by atoms with Crippen molar-refractivity contribution in [2.45, 2.75) is 35.6 Å². The van der Waals surface area contributed by atoms with Gasteiger partial charge in [-0.3, -0.25) is 9.36 Å². The predicted molar refractivity (Wildman–Crippen MR) is 117 cm³/mol. The van der Waals surface area contributed by atoms with Crippen molar-refractivity contribution < 1.29 is 22.0 Å². The largest absolute Gasteiger partial charge is 0.341 e. The number of carbonyl (C=O) groups is 1. The second kappa shape index (κ2) is 9.61. The highest BCUT2D eigenvalue weighted by Crippen LogP contribution is 2.28. The third kappa shape index (κ3) is 5.13. The molecule has 0 atom stereocenters. The van der Waals surface area contributed by atoms with Gasteiger partial charge in [-0.05, 0) is 29.7 Å². The summed E-state index contributed by atoms with van der Waals surface area (Å²) in [6, 6.07) is 13.0. The van der Waals surface area contributed by atoms with Crippen molar-refractivity contribution in [3.63, 3.8) is 0 Å². The zero-order valence-electron chi connectivity index (χ0n) is 16.8. The summed E-state index contributed by atoms with van der Waals surface area (Å²) in [5.41, 5.74) is 1.89. The van der Waals surface area contributed by atoms with Crippen molar-refractivity contribution in [3.05, 3.63) is 66.5 Å². The number of anilines is 1. The van der Waals surface area contributed by atoms with Crippen LogP contribution in [0.25, 0.3) is 5.69 Å². The van der Waals surface area contributed by atoms with Gasteiger partial charge in [-0.15, -0.1) is 0 Å². The van der Waals surface area contributed by atoms with Crippen LogP contribution in [-0.4, -0.2) is 35.4 Å². The normalized spacial score (nSPS) is 11.8. The topological polar surface area (TPSA) is 81.1 Å². The van der Waals surface area contributed by atoms with Gasteiger partial charge in [-0.2, -0.15) is 8.78 Å². The molecular weight excluding hydrogens is 444 g/mol. The molecule has 0 unspecified atom stereocenters. The molecule has 0 aliphatic carbocycles. The maximum Gasteiger partial charge on any atom is 0.341 e. The van der Waals surface area contributed by atoms with Gasteiger partial charge >= 0.3 is 5.76 Å². The first-order valence-electron chi connectivity index (χ1n) is 9.38. The van der Waals surface area contributed by atoms with E-state index in [1.165, 1.54) is 18.2 Å². The summed E-state index contributed by atoms with van der Waals surface area (Å²) in [6.07, 6.45) is 3.42. The molecule has 0 radical (unpaired) electrons. The van der Waals surface area contributed by atoms with E-state index in [-0.39, 0.29) is 17.4 Å². The first kappa shape index (κ1) is 23.0. The fourth-order valence-electron chi connectivity index (χ4n) is 3.01. The summed E-state index contributed by atoms with van der Waals surface area (Å²) in [7, 11) is -4.84. The Kier molecular flexibility index (Phi) is 7.11. The van der Waals surface area contributed by atoms with E-state index in [4.69, 9.17) is 0 Å². The lowest BCUT2D eigenvalue weighted by atomic mass is 10.0. The van der Waals surface area contributed by atoms with Crippen LogP contribution >= 0.6 is 11.8 Å². The lowest BCUT2D eigenvalue weighted by Crippen LogP contribution is -2.19. The Morgan fingerprint density at radius 3 is 2.52 bits per heavy atom. The molecule has 0 spiro atoms. The van der Waals surface area contributed by atoms with Crippen molar-refractivity contribution in [2.75, 3.05) is 11.1 Å². The number of carbonyl (C=O) groups excluding carboxylic acids is 1. The number of halogens is 2. The van der Waals surface area contributed by atoms with E-state index in [1.54, 1.807) is 12.4 Å². The van der Waals surface area contributed by atoms with Gasteiger partial charge < -0.3 is 5.32 Å². The average Bonchev–Trinajstić information content (AvgIpc) is 3.21. The number of imidazole rings is 1. The van der Waals surface area contributed by atoms with E-state index in [0.717, 1.165) is 29.1 Å². The zero-order chi connectivity index (χ0) is 22.6. The maximum absolute atomic E-state index is 12.9. The Hall–Kier alpha value is -2.72. The lowest BCUT2D eigenvalue weighted by molar-refractivity contribution is -0.113. The zero-order valence-corrected chi connectivity index (χ0v) is 18.5. The molecule has 164 valence electrons. The molecule has 0 fully saturated rings. The Morgan fingerprint density at radius 1 is 1.13 bits per heavy atom. The molecule has 0 bridgehead atoms. The summed E-state index contributed by atoms with van der Waals surface area (Å²) in [5, 5.41) is 2.99. The molecule has 6 nitrogen and oxygen atoms in total. The molecule has 0 saturated carbocycles. The summed E-state index contributed by atoms with van der Waals surface area (Å²) in [6.45, 7) is 4.17. The fourth-order valence-corrected chi connectivity index (χ4v) is 4.66. The maximum atomic E-state index is 12.9. The van der Waals surface area contributed by atoms with Crippen LogP contribution in [-0.2, 0) is 14.6 Å². The highest BCUT2D eigenvalue weighted by atomic mass is 32.2. The number of rotatable bonds is 8. The number of alkyl halides is 2. The number of hydrogen-bond acceptors (Lipinski definition) is 5. The van der Waals surface area contributed by atoms with Gasteiger partial charge in [0.15, 0.2) is 5.16 Å². The van der Waals surface area contributed by atoms with E-state index < -0.39 is 26.4 Å². The summed E-state index contributed by atoms with van der Waals surface area (Å²) < 4.78 is 51.4. The van der Waals surface area contributed by atoms with Crippen molar-refractivity contribution in [1.82, 2.24) is 9.55 Å². The van der Waals surface area contributed by atoms with Crippen LogP contribution in [0.5, 0.6) is 0 Å². The quantitative estimate of drug-likeness (QED) is 0.487. The highest BCUT2D eigenvalue weighted by Gasteiger charge is 2.29. The van der Waals surface area contributed by atoms with E-state index in [9.17, 15) is 22.0 Å². The van der Waals surface area contributed by atoms with Crippen LogP contribution in [0.3, 0.4) is 0 Å². The minimum atomic E-state index is -4.84. The number of sulfone groups is 1. The molecule has 31 heavy (non-hydrogen) atoms. The average molecular weight is 466 g/mol. The molecule has 1 aromatic heterocycles. The van der Waals surface area contributed by atoms with Gasteiger partial charge in [-0.25, -0.2) is 13.4 Å². The van der Waals surface area contributed by atoms with Crippen LogP contribution in [0.1, 0.15) is 25.3 Å². The third-order valence-corrected chi connectivity index (χ3v) is 6.86. The van der Waals surface area contributed by atoms with Gasteiger partial charge in [0, 0.05) is 12.4 Å². The van der Waals surface area contributed by atoms with Crippen molar-refractivity contribution in [1.29, 1.82) is 0 Å². The second-order valence-electron chi connectivity index (χ2n) is 6.93. The Labute approximate surface area is 183 Å². The van der Waals surface area contributed by atoms with Gasteiger partial charge in [0.25, 0.3) is 0 Å². The number of benzene rings is 2.